The van der Waals surface area contributed by atoms with Crippen molar-refractivity contribution in [1.29, 1.82) is 0 Å². The van der Waals surface area contributed by atoms with Crippen molar-refractivity contribution < 1.29 is 9.21 Å². The smallest absolute Gasteiger partial charge is 0.244 e. The van der Waals surface area contributed by atoms with E-state index in [9.17, 15) is 4.79 Å². The fourth-order valence-electron chi connectivity index (χ4n) is 2.52. The minimum atomic E-state index is -0.0304. The summed E-state index contributed by atoms with van der Waals surface area (Å²) in [5, 5.41) is 2.99. The van der Waals surface area contributed by atoms with Crippen LogP contribution in [0.25, 0.3) is 6.08 Å². The van der Waals surface area contributed by atoms with Gasteiger partial charge in [-0.2, -0.15) is 0 Å². The minimum absolute atomic E-state index is 0.0304. The number of hydrogen-bond donors (Lipinski definition) is 1. The molecule has 102 valence electrons. The average molecular weight is 259 g/mol. The molecule has 3 nitrogen and oxygen atoms in total. The zero-order valence-electron chi connectivity index (χ0n) is 11.6. The average Bonchev–Trinajstić information content (AvgIpc) is 3.28. The van der Waals surface area contributed by atoms with Gasteiger partial charge in [0.05, 0.1) is 0 Å². The predicted molar refractivity (Wildman–Crippen MR) is 74.6 cm³/mol. The van der Waals surface area contributed by atoms with Crippen molar-refractivity contribution >= 4 is 12.0 Å². The van der Waals surface area contributed by atoms with Crippen molar-refractivity contribution in [2.45, 2.75) is 45.1 Å². The molecule has 19 heavy (non-hydrogen) atoms. The van der Waals surface area contributed by atoms with E-state index < -0.39 is 0 Å². The van der Waals surface area contributed by atoms with Crippen LogP contribution in [-0.2, 0) is 4.79 Å². The molecule has 1 heterocycles. The highest BCUT2D eigenvalue weighted by Gasteiger charge is 2.36. The van der Waals surface area contributed by atoms with Gasteiger partial charge in [-0.3, -0.25) is 4.79 Å². The SMILES string of the molecule is CC1CC1c1ccc(/C=C/C(=O)NC(C)C2CC2)o1. The number of carbonyl (C=O) groups excluding carboxylic acids is 1. The molecule has 1 aromatic rings. The first-order chi connectivity index (χ1) is 9.13. The molecule has 1 amide bonds. The van der Waals surface area contributed by atoms with Gasteiger partial charge in [0.2, 0.25) is 5.91 Å². The number of hydrogen-bond acceptors (Lipinski definition) is 2. The summed E-state index contributed by atoms with van der Waals surface area (Å²) in [6, 6.07) is 4.25. The minimum Gasteiger partial charge on any atom is -0.461 e. The Kier molecular flexibility index (Phi) is 3.21. The van der Waals surface area contributed by atoms with E-state index in [4.69, 9.17) is 4.42 Å². The summed E-state index contributed by atoms with van der Waals surface area (Å²) >= 11 is 0. The lowest BCUT2D eigenvalue weighted by atomic mass is 10.2. The van der Waals surface area contributed by atoms with Crippen LogP contribution in [0.2, 0.25) is 0 Å². The number of nitrogens with one attached hydrogen (secondary N) is 1. The molecule has 0 aromatic carbocycles. The van der Waals surface area contributed by atoms with Crippen LogP contribution in [0, 0.1) is 11.8 Å². The van der Waals surface area contributed by atoms with Crippen LogP contribution in [-0.4, -0.2) is 11.9 Å². The van der Waals surface area contributed by atoms with Crippen molar-refractivity contribution in [3.8, 4) is 0 Å². The van der Waals surface area contributed by atoms with Crippen LogP contribution in [0.1, 0.15) is 50.5 Å². The van der Waals surface area contributed by atoms with Crippen molar-refractivity contribution in [3.63, 3.8) is 0 Å². The van der Waals surface area contributed by atoms with E-state index in [1.54, 1.807) is 12.2 Å². The van der Waals surface area contributed by atoms with E-state index in [0.717, 1.165) is 17.4 Å². The van der Waals surface area contributed by atoms with Crippen LogP contribution in [0.15, 0.2) is 22.6 Å². The maximum atomic E-state index is 11.7. The Morgan fingerprint density at radius 3 is 2.84 bits per heavy atom. The molecule has 2 aliphatic rings. The first kappa shape index (κ1) is 12.5. The van der Waals surface area contributed by atoms with E-state index >= 15 is 0 Å². The number of carbonyl (C=O) groups is 1. The number of furan rings is 1. The summed E-state index contributed by atoms with van der Waals surface area (Å²) in [5.74, 6) is 3.81. The van der Waals surface area contributed by atoms with Gasteiger partial charge in [-0.25, -0.2) is 0 Å². The molecule has 0 spiro atoms. The third-order valence-electron chi connectivity index (χ3n) is 4.22. The molecule has 1 N–H and O–H groups in total. The highest BCUT2D eigenvalue weighted by Crippen LogP contribution is 2.47. The lowest BCUT2D eigenvalue weighted by Gasteiger charge is -2.09. The molecular weight excluding hydrogens is 238 g/mol. The predicted octanol–water partition coefficient (Wildman–Crippen LogP) is 3.33. The third-order valence-corrected chi connectivity index (χ3v) is 4.22. The zero-order valence-corrected chi connectivity index (χ0v) is 11.6. The molecule has 3 unspecified atom stereocenters. The van der Waals surface area contributed by atoms with Gasteiger partial charge in [0.1, 0.15) is 11.5 Å². The molecule has 0 aliphatic heterocycles. The van der Waals surface area contributed by atoms with Crippen LogP contribution in [0.4, 0.5) is 0 Å². The molecule has 0 bridgehead atoms. The van der Waals surface area contributed by atoms with Gasteiger partial charge in [-0.1, -0.05) is 6.92 Å². The van der Waals surface area contributed by atoms with E-state index in [-0.39, 0.29) is 11.9 Å². The van der Waals surface area contributed by atoms with E-state index in [0.29, 0.717) is 11.8 Å². The number of amides is 1. The first-order valence-corrected chi connectivity index (χ1v) is 7.22. The highest BCUT2D eigenvalue weighted by atomic mass is 16.3. The quantitative estimate of drug-likeness (QED) is 0.824. The van der Waals surface area contributed by atoms with Crippen LogP contribution >= 0.6 is 0 Å². The normalized spacial score (nSPS) is 27.5. The molecule has 3 rings (SSSR count). The number of rotatable bonds is 5. The molecule has 1 aromatic heterocycles. The molecule has 3 heteroatoms. The van der Waals surface area contributed by atoms with Crippen molar-refractivity contribution in [1.82, 2.24) is 5.32 Å². The van der Waals surface area contributed by atoms with Gasteiger partial charge in [-0.15, -0.1) is 0 Å². The van der Waals surface area contributed by atoms with E-state index in [1.165, 1.54) is 19.3 Å². The molecule has 2 aliphatic carbocycles. The molecule has 3 atom stereocenters. The van der Waals surface area contributed by atoms with Crippen LogP contribution in [0.5, 0.6) is 0 Å². The maximum Gasteiger partial charge on any atom is 0.244 e. The molecule has 0 radical (unpaired) electrons. The van der Waals surface area contributed by atoms with Crippen LogP contribution < -0.4 is 5.32 Å². The molecule has 2 fully saturated rings. The summed E-state index contributed by atoms with van der Waals surface area (Å²) in [7, 11) is 0. The van der Waals surface area contributed by atoms with Crippen molar-refractivity contribution in [2.75, 3.05) is 0 Å². The van der Waals surface area contributed by atoms with Crippen molar-refractivity contribution in [2.24, 2.45) is 11.8 Å². The van der Waals surface area contributed by atoms with Gasteiger partial charge in [-0.05, 0) is 56.2 Å². The molecule has 2 saturated carbocycles. The molecule has 0 saturated heterocycles. The largest absolute Gasteiger partial charge is 0.461 e. The zero-order chi connectivity index (χ0) is 13.4. The third kappa shape index (κ3) is 3.09. The second-order valence-electron chi connectivity index (χ2n) is 6.03. The van der Waals surface area contributed by atoms with Gasteiger partial charge in [0.25, 0.3) is 0 Å². The second-order valence-corrected chi connectivity index (χ2v) is 6.03. The lowest BCUT2D eigenvalue weighted by Crippen LogP contribution is -2.32. The standard InChI is InChI=1S/C16H21NO2/c1-10-9-14(10)15-7-5-13(19-15)6-8-16(18)17-11(2)12-3-4-12/h5-8,10-12,14H,3-4,9H2,1-2H3,(H,17,18)/b8-6+. The van der Waals surface area contributed by atoms with Crippen molar-refractivity contribution in [3.05, 3.63) is 29.7 Å². The summed E-state index contributed by atoms with van der Waals surface area (Å²) in [4.78, 5) is 11.7. The first-order valence-electron chi connectivity index (χ1n) is 7.22. The Morgan fingerprint density at radius 1 is 1.47 bits per heavy atom. The summed E-state index contributed by atoms with van der Waals surface area (Å²) < 4.78 is 5.73. The Balaban J connectivity index is 1.53. The lowest BCUT2D eigenvalue weighted by molar-refractivity contribution is -0.117. The fourth-order valence-corrected chi connectivity index (χ4v) is 2.52. The monoisotopic (exact) mass is 259 g/mol. The van der Waals surface area contributed by atoms with E-state index in [1.807, 2.05) is 12.1 Å². The Morgan fingerprint density at radius 2 is 2.21 bits per heavy atom. The molecular formula is C16H21NO2. The van der Waals surface area contributed by atoms with E-state index in [2.05, 4.69) is 19.2 Å². The maximum absolute atomic E-state index is 11.7. The Hall–Kier alpha value is -1.51. The van der Waals surface area contributed by atoms with Gasteiger partial charge in [0.15, 0.2) is 0 Å². The Bertz CT molecular complexity index is 499. The fraction of sp³-hybridized carbons (Fsp3) is 0.562. The summed E-state index contributed by atoms with van der Waals surface area (Å²) in [6.07, 6.45) is 7.03. The topological polar surface area (TPSA) is 42.2 Å². The van der Waals surface area contributed by atoms with Gasteiger partial charge >= 0.3 is 0 Å². The summed E-state index contributed by atoms with van der Waals surface area (Å²) in [5.41, 5.74) is 0. The second kappa shape index (κ2) is 4.87. The van der Waals surface area contributed by atoms with Crippen LogP contribution in [0.3, 0.4) is 0 Å². The van der Waals surface area contributed by atoms with Gasteiger partial charge in [0, 0.05) is 18.0 Å². The van der Waals surface area contributed by atoms with Gasteiger partial charge < -0.3 is 9.73 Å². The highest BCUT2D eigenvalue weighted by molar-refractivity contribution is 5.91. The summed E-state index contributed by atoms with van der Waals surface area (Å²) in [6.45, 7) is 4.30. The Labute approximate surface area is 114 Å².